The molecule has 0 fully saturated rings. The molecular formula is C6H13O2S+. The summed E-state index contributed by atoms with van der Waals surface area (Å²) in [7, 11) is 0. The fraction of sp³-hybridized carbons (Fsp3) is 0.833. The number of carboxylic acids is 1. The highest BCUT2D eigenvalue weighted by molar-refractivity contribution is 7.77. The van der Waals surface area contributed by atoms with Crippen molar-refractivity contribution in [1.29, 1.82) is 0 Å². The van der Waals surface area contributed by atoms with Gasteiger partial charge in [-0.2, -0.15) is 0 Å². The third-order valence-corrected chi connectivity index (χ3v) is 1.91. The number of rotatable bonds is 4. The van der Waals surface area contributed by atoms with Gasteiger partial charge >= 0.3 is 5.97 Å². The van der Waals surface area contributed by atoms with E-state index < -0.39 is 5.97 Å². The summed E-state index contributed by atoms with van der Waals surface area (Å²) in [5.74, 6) is 0.143. The first-order valence-electron chi connectivity index (χ1n) is 2.97. The summed E-state index contributed by atoms with van der Waals surface area (Å²) in [5.41, 5.74) is 0. The van der Waals surface area contributed by atoms with Crippen molar-refractivity contribution in [2.45, 2.75) is 13.3 Å². The van der Waals surface area contributed by atoms with Crippen molar-refractivity contribution in [3.05, 3.63) is 0 Å². The van der Waals surface area contributed by atoms with Crippen LogP contribution in [0.1, 0.15) is 13.3 Å². The van der Waals surface area contributed by atoms with E-state index in [-0.39, 0.29) is 5.92 Å². The Hall–Kier alpha value is -0.180. The van der Waals surface area contributed by atoms with Crippen LogP contribution in [0.4, 0.5) is 0 Å². The SMILES string of the molecule is C[SH+]CCC(C)C(=O)O. The number of carboxylic acid groups (broad SMARTS) is 1. The molecule has 3 heteroatoms. The van der Waals surface area contributed by atoms with Crippen LogP contribution in [0.3, 0.4) is 0 Å². The summed E-state index contributed by atoms with van der Waals surface area (Å²) in [4.78, 5) is 10.2. The van der Waals surface area contributed by atoms with E-state index in [1.54, 1.807) is 6.92 Å². The minimum Gasteiger partial charge on any atom is -0.481 e. The maximum Gasteiger partial charge on any atom is 0.306 e. The van der Waals surface area contributed by atoms with Gasteiger partial charge < -0.3 is 5.11 Å². The largest absolute Gasteiger partial charge is 0.481 e. The average molecular weight is 149 g/mol. The van der Waals surface area contributed by atoms with E-state index in [1.165, 1.54) is 11.8 Å². The van der Waals surface area contributed by atoms with Gasteiger partial charge in [0.15, 0.2) is 0 Å². The smallest absolute Gasteiger partial charge is 0.306 e. The highest BCUT2D eigenvalue weighted by Crippen LogP contribution is 2.00. The molecule has 54 valence electrons. The molecule has 0 aromatic rings. The average Bonchev–Trinajstić information content (AvgIpc) is 1.82. The van der Waals surface area contributed by atoms with E-state index in [9.17, 15) is 4.79 Å². The predicted molar refractivity (Wildman–Crippen MR) is 41.0 cm³/mol. The van der Waals surface area contributed by atoms with Gasteiger partial charge in [0.1, 0.15) is 5.75 Å². The maximum absolute atomic E-state index is 10.2. The van der Waals surface area contributed by atoms with Crippen LogP contribution in [0.25, 0.3) is 0 Å². The Balaban J connectivity index is 3.27. The molecule has 0 radical (unpaired) electrons. The first kappa shape index (κ1) is 8.82. The number of hydrogen-bond donors (Lipinski definition) is 1. The molecule has 0 bridgehead atoms. The molecule has 0 aliphatic heterocycles. The highest BCUT2D eigenvalue weighted by Gasteiger charge is 2.10. The van der Waals surface area contributed by atoms with Gasteiger partial charge in [-0.25, -0.2) is 0 Å². The Bertz CT molecular complexity index is 93.1. The van der Waals surface area contributed by atoms with Crippen molar-refractivity contribution >= 4 is 17.7 Å². The van der Waals surface area contributed by atoms with Crippen LogP contribution in [-0.2, 0) is 16.6 Å². The zero-order chi connectivity index (χ0) is 7.28. The van der Waals surface area contributed by atoms with Crippen molar-refractivity contribution < 1.29 is 9.90 Å². The van der Waals surface area contributed by atoms with Crippen LogP contribution in [0.2, 0.25) is 0 Å². The monoisotopic (exact) mass is 149 g/mol. The van der Waals surface area contributed by atoms with Crippen LogP contribution >= 0.6 is 0 Å². The minimum atomic E-state index is -0.682. The normalized spacial score (nSPS) is 13.1. The topological polar surface area (TPSA) is 37.3 Å². The molecule has 0 rings (SSSR count). The van der Waals surface area contributed by atoms with E-state index in [4.69, 9.17) is 5.11 Å². The van der Waals surface area contributed by atoms with Gasteiger partial charge in [0, 0.05) is 6.42 Å². The van der Waals surface area contributed by atoms with Crippen molar-refractivity contribution in [1.82, 2.24) is 0 Å². The first-order valence-corrected chi connectivity index (χ1v) is 4.49. The Kier molecular flexibility index (Phi) is 4.58. The van der Waals surface area contributed by atoms with Gasteiger partial charge in [-0.1, -0.05) is 6.92 Å². The standard InChI is InChI=1S/C6H12O2S/c1-5(6(7)8)3-4-9-2/h5H,3-4H2,1-2H3,(H,7,8)/p+1. The molecule has 1 N–H and O–H groups in total. The van der Waals surface area contributed by atoms with E-state index in [0.717, 1.165) is 12.2 Å². The summed E-state index contributed by atoms with van der Waals surface area (Å²) in [6.07, 6.45) is 2.84. The van der Waals surface area contributed by atoms with Gasteiger partial charge in [-0.3, -0.25) is 4.79 Å². The predicted octanol–water partition coefficient (Wildman–Crippen LogP) is 0.542. The van der Waals surface area contributed by atoms with Crippen LogP contribution in [0.5, 0.6) is 0 Å². The fourth-order valence-corrected chi connectivity index (χ4v) is 1.09. The molecule has 0 spiro atoms. The minimum absolute atomic E-state index is 0.169. The van der Waals surface area contributed by atoms with Crippen LogP contribution in [-0.4, -0.2) is 23.1 Å². The second-order valence-corrected chi connectivity index (χ2v) is 3.15. The van der Waals surface area contributed by atoms with Crippen LogP contribution < -0.4 is 0 Å². The zero-order valence-electron chi connectivity index (χ0n) is 5.79. The van der Waals surface area contributed by atoms with Crippen LogP contribution in [0, 0.1) is 5.92 Å². The molecule has 0 heterocycles. The van der Waals surface area contributed by atoms with Crippen LogP contribution in [0.15, 0.2) is 0 Å². The number of carbonyl (C=O) groups is 1. The van der Waals surface area contributed by atoms with E-state index in [2.05, 4.69) is 0 Å². The third-order valence-electron chi connectivity index (χ3n) is 1.21. The molecule has 1 unspecified atom stereocenters. The Morgan fingerprint density at radius 1 is 1.78 bits per heavy atom. The van der Waals surface area contributed by atoms with E-state index >= 15 is 0 Å². The molecule has 0 aromatic carbocycles. The van der Waals surface area contributed by atoms with Crippen molar-refractivity contribution in [3.8, 4) is 0 Å². The van der Waals surface area contributed by atoms with Gasteiger partial charge in [0.2, 0.25) is 0 Å². The molecule has 1 atom stereocenters. The Morgan fingerprint density at radius 3 is 2.67 bits per heavy atom. The lowest BCUT2D eigenvalue weighted by atomic mass is 10.1. The lowest BCUT2D eigenvalue weighted by molar-refractivity contribution is -0.141. The number of hydrogen-bond acceptors (Lipinski definition) is 1. The highest BCUT2D eigenvalue weighted by atomic mass is 32.2. The van der Waals surface area contributed by atoms with E-state index in [0.29, 0.717) is 0 Å². The summed E-state index contributed by atoms with van der Waals surface area (Å²) < 4.78 is 0. The van der Waals surface area contributed by atoms with Crippen molar-refractivity contribution in [2.24, 2.45) is 5.92 Å². The molecule has 0 aliphatic carbocycles. The van der Waals surface area contributed by atoms with Gasteiger partial charge in [0.05, 0.1) is 12.2 Å². The van der Waals surface area contributed by atoms with Crippen molar-refractivity contribution in [3.63, 3.8) is 0 Å². The van der Waals surface area contributed by atoms with Crippen molar-refractivity contribution in [2.75, 3.05) is 12.0 Å². The molecule has 9 heavy (non-hydrogen) atoms. The second kappa shape index (κ2) is 4.68. The first-order chi connectivity index (χ1) is 4.18. The summed E-state index contributed by atoms with van der Waals surface area (Å²) in [6, 6.07) is 0. The molecule has 2 nitrogen and oxygen atoms in total. The third kappa shape index (κ3) is 4.33. The second-order valence-electron chi connectivity index (χ2n) is 2.07. The lowest BCUT2D eigenvalue weighted by Crippen LogP contribution is -2.11. The van der Waals surface area contributed by atoms with E-state index in [1.807, 2.05) is 6.26 Å². The van der Waals surface area contributed by atoms with Gasteiger partial charge in [-0.15, -0.1) is 0 Å². The number of aliphatic carboxylic acids is 1. The summed E-state index contributed by atoms with van der Waals surface area (Å²) in [5, 5.41) is 8.41. The summed E-state index contributed by atoms with van der Waals surface area (Å²) in [6.45, 7) is 1.74. The van der Waals surface area contributed by atoms with Gasteiger partial charge in [-0.05, 0) is 11.8 Å². The molecular weight excluding hydrogens is 136 g/mol. The Labute approximate surface area is 59.6 Å². The zero-order valence-corrected chi connectivity index (χ0v) is 6.69. The maximum atomic E-state index is 10.2. The molecule has 0 aliphatic rings. The summed E-state index contributed by atoms with van der Waals surface area (Å²) >= 11 is 1.28. The molecule has 0 saturated carbocycles. The lowest BCUT2D eigenvalue weighted by Gasteiger charge is -1.98. The molecule has 0 amide bonds. The molecule has 0 saturated heterocycles. The van der Waals surface area contributed by atoms with Gasteiger partial charge in [0.25, 0.3) is 0 Å². The number of thiol groups is 1. The quantitative estimate of drug-likeness (QED) is 0.468. The molecule has 0 aromatic heterocycles. The fourth-order valence-electron chi connectivity index (χ4n) is 0.446. The Morgan fingerprint density at radius 2 is 2.33 bits per heavy atom.